The maximum absolute atomic E-state index is 13.3. The van der Waals surface area contributed by atoms with E-state index in [1.165, 1.54) is 12.1 Å². The van der Waals surface area contributed by atoms with E-state index in [0.29, 0.717) is 26.9 Å². The molecule has 0 spiro atoms. The van der Waals surface area contributed by atoms with Crippen molar-refractivity contribution in [3.05, 3.63) is 63.4 Å². The molecule has 0 radical (unpaired) electrons. The third-order valence-corrected chi connectivity index (χ3v) is 3.49. The van der Waals surface area contributed by atoms with Gasteiger partial charge in [-0.3, -0.25) is 4.79 Å². The van der Waals surface area contributed by atoms with Gasteiger partial charge in [-0.1, -0.05) is 29.3 Å². The molecular formula is C15H11Cl2FO2. The quantitative estimate of drug-likeness (QED) is 0.765. The van der Waals surface area contributed by atoms with Crippen molar-refractivity contribution in [3.8, 4) is 5.75 Å². The van der Waals surface area contributed by atoms with Crippen LogP contribution in [0, 0.1) is 12.7 Å². The summed E-state index contributed by atoms with van der Waals surface area (Å²) < 4.78 is 18.6. The van der Waals surface area contributed by atoms with Crippen molar-refractivity contribution in [1.29, 1.82) is 0 Å². The summed E-state index contributed by atoms with van der Waals surface area (Å²) in [5.41, 5.74) is 0.917. The van der Waals surface area contributed by atoms with Crippen molar-refractivity contribution in [1.82, 2.24) is 0 Å². The van der Waals surface area contributed by atoms with Crippen molar-refractivity contribution >= 4 is 29.0 Å². The second-order valence-corrected chi connectivity index (χ2v) is 5.07. The molecule has 5 heteroatoms. The fourth-order valence-electron chi connectivity index (χ4n) is 1.57. The first-order valence-corrected chi connectivity index (χ1v) is 6.60. The molecular weight excluding hydrogens is 302 g/mol. The zero-order valence-electron chi connectivity index (χ0n) is 10.6. The van der Waals surface area contributed by atoms with E-state index in [0.717, 1.165) is 0 Å². The van der Waals surface area contributed by atoms with Crippen LogP contribution in [0.3, 0.4) is 0 Å². The maximum Gasteiger partial charge on any atom is 0.200 e. The molecule has 0 atom stereocenters. The van der Waals surface area contributed by atoms with Gasteiger partial charge in [0.15, 0.2) is 12.4 Å². The highest BCUT2D eigenvalue weighted by Gasteiger charge is 2.10. The highest BCUT2D eigenvalue weighted by Crippen LogP contribution is 2.23. The first kappa shape index (κ1) is 14.8. The predicted molar refractivity (Wildman–Crippen MR) is 77.4 cm³/mol. The van der Waals surface area contributed by atoms with E-state index in [4.69, 9.17) is 27.9 Å². The van der Waals surface area contributed by atoms with E-state index in [1.54, 1.807) is 31.2 Å². The Morgan fingerprint density at radius 1 is 1.15 bits per heavy atom. The Hall–Kier alpha value is -1.58. The fraction of sp³-hybridized carbons (Fsp3) is 0.133. The number of carbonyl (C=O) groups excluding carboxylic acids is 1. The molecule has 104 valence electrons. The number of halogens is 3. The van der Waals surface area contributed by atoms with Crippen molar-refractivity contribution in [3.63, 3.8) is 0 Å². The zero-order valence-corrected chi connectivity index (χ0v) is 12.1. The summed E-state index contributed by atoms with van der Waals surface area (Å²) in [5.74, 6) is -0.324. The van der Waals surface area contributed by atoms with Crippen LogP contribution in [0.25, 0.3) is 0 Å². The number of carbonyl (C=O) groups is 1. The molecule has 0 bridgehead atoms. The Bertz CT molecular complexity index is 656. The van der Waals surface area contributed by atoms with Gasteiger partial charge >= 0.3 is 0 Å². The van der Waals surface area contributed by atoms with Crippen LogP contribution in [0.2, 0.25) is 10.0 Å². The normalized spacial score (nSPS) is 10.4. The van der Waals surface area contributed by atoms with Gasteiger partial charge in [-0.2, -0.15) is 0 Å². The van der Waals surface area contributed by atoms with Gasteiger partial charge in [0.05, 0.1) is 10.0 Å². The van der Waals surface area contributed by atoms with Crippen LogP contribution in [0.1, 0.15) is 15.9 Å². The lowest BCUT2D eigenvalue weighted by Crippen LogP contribution is -2.11. The maximum atomic E-state index is 13.3. The Balaban J connectivity index is 2.04. The lowest BCUT2D eigenvalue weighted by atomic mass is 10.1. The monoisotopic (exact) mass is 312 g/mol. The lowest BCUT2D eigenvalue weighted by Gasteiger charge is -2.07. The molecule has 20 heavy (non-hydrogen) atoms. The minimum absolute atomic E-state index is 0.194. The van der Waals surface area contributed by atoms with Crippen LogP contribution in [0.15, 0.2) is 36.4 Å². The summed E-state index contributed by atoms with van der Waals surface area (Å²) in [6.07, 6.45) is 0. The number of rotatable bonds is 4. The van der Waals surface area contributed by atoms with Crippen LogP contribution in [0.4, 0.5) is 4.39 Å². The van der Waals surface area contributed by atoms with Crippen molar-refractivity contribution in [2.75, 3.05) is 6.61 Å². The van der Waals surface area contributed by atoms with E-state index < -0.39 is 0 Å². The Morgan fingerprint density at radius 3 is 2.55 bits per heavy atom. The largest absolute Gasteiger partial charge is 0.485 e. The Morgan fingerprint density at radius 2 is 1.90 bits per heavy atom. The molecule has 0 aromatic heterocycles. The van der Waals surface area contributed by atoms with E-state index in [2.05, 4.69) is 0 Å². The van der Waals surface area contributed by atoms with Crippen LogP contribution in [-0.4, -0.2) is 12.4 Å². The molecule has 0 amide bonds. The first-order valence-electron chi connectivity index (χ1n) is 5.84. The van der Waals surface area contributed by atoms with Gasteiger partial charge in [0, 0.05) is 11.6 Å². The van der Waals surface area contributed by atoms with E-state index >= 15 is 0 Å². The summed E-state index contributed by atoms with van der Waals surface area (Å²) in [6.45, 7) is 1.46. The fourth-order valence-corrected chi connectivity index (χ4v) is 1.86. The van der Waals surface area contributed by atoms with Gasteiger partial charge in [-0.05, 0) is 36.8 Å². The molecule has 0 aliphatic heterocycles. The molecule has 2 aromatic carbocycles. The number of ketones is 1. The summed E-state index contributed by atoms with van der Waals surface area (Å²) in [4.78, 5) is 11.9. The number of benzene rings is 2. The molecule has 0 heterocycles. The van der Waals surface area contributed by atoms with E-state index in [-0.39, 0.29) is 18.2 Å². The SMILES string of the molecule is Cc1ccc(OCC(=O)c2ccc(Cl)c(Cl)c2)cc1F. The zero-order chi connectivity index (χ0) is 14.7. The highest BCUT2D eigenvalue weighted by molar-refractivity contribution is 6.42. The second kappa shape index (κ2) is 6.25. The minimum atomic E-state index is -0.371. The van der Waals surface area contributed by atoms with E-state index in [9.17, 15) is 9.18 Å². The number of hydrogen-bond donors (Lipinski definition) is 0. The van der Waals surface area contributed by atoms with Crippen LogP contribution < -0.4 is 4.74 Å². The molecule has 2 nitrogen and oxygen atoms in total. The number of hydrogen-bond acceptors (Lipinski definition) is 2. The lowest BCUT2D eigenvalue weighted by molar-refractivity contribution is 0.0921. The van der Waals surface area contributed by atoms with Crippen LogP contribution in [-0.2, 0) is 0 Å². The molecule has 0 N–H and O–H groups in total. The van der Waals surface area contributed by atoms with E-state index in [1.807, 2.05) is 0 Å². The standard InChI is InChI=1S/C15H11Cl2FO2/c1-9-2-4-11(7-14(9)18)20-8-15(19)10-3-5-12(16)13(17)6-10/h2-7H,8H2,1H3. The molecule has 0 saturated heterocycles. The average molecular weight is 313 g/mol. The first-order chi connectivity index (χ1) is 9.47. The summed E-state index contributed by atoms with van der Waals surface area (Å²) >= 11 is 11.6. The number of aryl methyl sites for hydroxylation is 1. The van der Waals surface area contributed by atoms with Crippen LogP contribution in [0.5, 0.6) is 5.75 Å². The molecule has 2 rings (SSSR count). The topological polar surface area (TPSA) is 26.3 Å². The predicted octanol–water partition coefficient (Wildman–Crippen LogP) is 4.70. The molecule has 0 aliphatic carbocycles. The number of ether oxygens (including phenoxy) is 1. The van der Waals surface area contributed by atoms with Gasteiger partial charge in [-0.15, -0.1) is 0 Å². The average Bonchev–Trinajstić information content (AvgIpc) is 2.43. The van der Waals surface area contributed by atoms with Gasteiger partial charge in [0.25, 0.3) is 0 Å². The molecule has 2 aromatic rings. The van der Waals surface area contributed by atoms with Crippen molar-refractivity contribution < 1.29 is 13.9 Å². The smallest absolute Gasteiger partial charge is 0.200 e. The minimum Gasteiger partial charge on any atom is -0.485 e. The summed E-state index contributed by atoms with van der Waals surface area (Å²) in [7, 11) is 0. The number of Topliss-reactive ketones (excluding diaryl/α,β-unsaturated/α-hetero) is 1. The Labute approximate surface area is 126 Å². The highest BCUT2D eigenvalue weighted by atomic mass is 35.5. The molecule has 0 fully saturated rings. The van der Waals surface area contributed by atoms with Gasteiger partial charge in [0.2, 0.25) is 0 Å². The van der Waals surface area contributed by atoms with Crippen molar-refractivity contribution in [2.45, 2.75) is 6.92 Å². The van der Waals surface area contributed by atoms with Gasteiger partial charge in [-0.25, -0.2) is 4.39 Å². The second-order valence-electron chi connectivity index (χ2n) is 4.25. The third-order valence-electron chi connectivity index (χ3n) is 2.75. The third kappa shape index (κ3) is 3.50. The summed E-state index contributed by atoms with van der Waals surface area (Å²) in [5, 5.41) is 0.684. The van der Waals surface area contributed by atoms with Crippen LogP contribution >= 0.6 is 23.2 Å². The van der Waals surface area contributed by atoms with Crippen molar-refractivity contribution in [2.24, 2.45) is 0 Å². The Kier molecular flexibility index (Phi) is 4.63. The molecule has 0 aliphatic rings. The summed E-state index contributed by atoms with van der Waals surface area (Å²) in [6, 6.07) is 9.04. The van der Waals surface area contributed by atoms with Gasteiger partial charge in [0.1, 0.15) is 11.6 Å². The van der Waals surface area contributed by atoms with Gasteiger partial charge < -0.3 is 4.74 Å². The molecule has 0 unspecified atom stereocenters. The molecule has 0 saturated carbocycles.